The van der Waals surface area contributed by atoms with Gasteiger partial charge < -0.3 is 14.4 Å². The van der Waals surface area contributed by atoms with Crippen molar-refractivity contribution < 1.29 is 19.4 Å². The SMILES string of the molecule is CC(=O)C1(OC(C(=O)O)c2c(-c3ccc(Cl)cc3)c3cc(Br)ccc3c(=O)n2C)CC1. The number of rotatable bonds is 6. The first-order valence-electron chi connectivity index (χ1n) is 9.64. The summed E-state index contributed by atoms with van der Waals surface area (Å²) < 4.78 is 7.95. The predicted molar refractivity (Wildman–Crippen MR) is 121 cm³/mol. The average Bonchev–Trinajstić information content (AvgIpc) is 3.51. The zero-order chi connectivity index (χ0) is 22.5. The largest absolute Gasteiger partial charge is 0.479 e. The highest BCUT2D eigenvalue weighted by atomic mass is 79.9. The van der Waals surface area contributed by atoms with Crippen LogP contribution in [0.1, 0.15) is 31.6 Å². The van der Waals surface area contributed by atoms with Crippen LogP contribution in [-0.4, -0.2) is 27.0 Å². The van der Waals surface area contributed by atoms with E-state index in [1.165, 1.54) is 18.5 Å². The van der Waals surface area contributed by atoms with Crippen molar-refractivity contribution in [1.82, 2.24) is 4.57 Å². The normalized spacial score (nSPS) is 15.6. The van der Waals surface area contributed by atoms with Crippen molar-refractivity contribution in [2.24, 2.45) is 7.05 Å². The number of Topliss-reactive ketones (excluding diaryl/α,β-unsaturated/α-hetero) is 1. The fourth-order valence-electron chi connectivity index (χ4n) is 3.85. The molecule has 2 aromatic carbocycles. The first-order chi connectivity index (χ1) is 14.6. The van der Waals surface area contributed by atoms with Gasteiger partial charge in [-0.25, -0.2) is 4.79 Å². The van der Waals surface area contributed by atoms with Gasteiger partial charge in [0.15, 0.2) is 11.9 Å². The van der Waals surface area contributed by atoms with Crippen LogP contribution in [0.2, 0.25) is 5.02 Å². The van der Waals surface area contributed by atoms with Crippen LogP contribution in [-0.2, 0) is 21.4 Å². The quantitative estimate of drug-likeness (QED) is 0.517. The lowest BCUT2D eigenvalue weighted by molar-refractivity contribution is -0.161. The molecular formula is C23H19BrClNO5. The van der Waals surface area contributed by atoms with Gasteiger partial charge in [-0.3, -0.25) is 9.59 Å². The molecular weight excluding hydrogens is 486 g/mol. The van der Waals surface area contributed by atoms with E-state index in [2.05, 4.69) is 15.9 Å². The van der Waals surface area contributed by atoms with Crippen LogP contribution in [0.4, 0.5) is 0 Å². The van der Waals surface area contributed by atoms with Crippen LogP contribution in [0.15, 0.2) is 51.7 Å². The van der Waals surface area contributed by atoms with Crippen molar-refractivity contribution >= 4 is 50.1 Å². The Balaban J connectivity index is 2.07. The maximum absolute atomic E-state index is 13.2. The number of carboxylic acids is 1. The number of benzene rings is 2. The molecule has 1 saturated carbocycles. The molecule has 1 fully saturated rings. The van der Waals surface area contributed by atoms with Crippen molar-refractivity contribution in [3.8, 4) is 11.1 Å². The molecule has 1 N–H and O–H groups in total. The molecule has 0 aliphatic heterocycles. The van der Waals surface area contributed by atoms with E-state index in [9.17, 15) is 19.5 Å². The predicted octanol–water partition coefficient (Wildman–Crippen LogP) is 4.89. The molecule has 1 unspecified atom stereocenters. The number of carbonyl (C=O) groups excluding carboxylic acids is 1. The van der Waals surface area contributed by atoms with Crippen LogP contribution in [0, 0.1) is 0 Å². The van der Waals surface area contributed by atoms with Gasteiger partial charge in [0.05, 0.1) is 5.69 Å². The first kappa shape index (κ1) is 21.7. The van der Waals surface area contributed by atoms with Crippen LogP contribution in [0.3, 0.4) is 0 Å². The molecule has 1 aliphatic carbocycles. The summed E-state index contributed by atoms with van der Waals surface area (Å²) in [5.41, 5.74) is -0.0686. The van der Waals surface area contributed by atoms with Gasteiger partial charge >= 0.3 is 5.97 Å². The van der Waals surface area contributed by atoms with E-state index in [0.717, 1.165) is 4.47 Å². The van der Waals surface area contributed by atoms with E-state index in [4.69, 9.17) is 16.3 Å². The van der Waals surface area contributed by atoms with Gasteiger partial charge in [0.1, 0.15) is 5.60 Å². The molecule has 0 radical (unpaired) electrons. The van der Waals surface area contributed by atoms with Gasteiger partial charge in [-0.15, -0.1) is 0 Å². The van der Waals surface area contributed by atoms with Crippen molar-refractivity contribution in [2.45, 2.75) is 31.5 Å². The zero-order valence-electron chi connectivity index (χ0n) is 16.8. The molecule has 1 heterocycles. The molecule has 0 amide bonds. The number of fused-ring (bicyclic) bond motifs is 1. The van der Waals surface area contributed by atoms with Gasteiger partial charge in [-0.1, -0.05) is 39.7 Å². The Kier molecular flexibility index (Phi) is 5.54. The Bertz CT molecular complexity index is 1280. The van der Waals surface area contributed by atoms with Gasteiger partial charge in [-0.2, -0.15) is 0 Å². The Morgan fingerprint density at radius 2 is 1.81 bits per heavy atom. The number of carbonyl (C=O) groups is 2. The second-order valence-electron chi connectivity index (χ2n) is 7.71. The number of ketones is 1. The maximum atomic E-state index is 13.2. The summed E-state index contributed by atoms with van der Waals surface area (Å²) in [6.45, 7) is 1.39. The highest BCUT2D eigenvalue weighted by Crippen LogP contribution is 2.46. The second kappa shape index (κ2) is 7.89. The Morgan fingerprint density at radius 3 is 2.35 bits per heavy atom. The van der Waals surface area contributed by atoms with Crippen molar-refractivity contribution in [2.75, 3.05) is 0 Å². The monoisotopic (exact) mass is 503 g/mol. The molecule has 1 aromatic heterocycles. The van der Waals surface area contributed by atoms with E-state index in [1.807, 2.05) is 0 Å². The fraction of sp³-hybridized carbons (Fsp3) is 0.261. The highest BCUT2D eigenvalue weighted by molar-refractivity contribution is 9.10. The number of aliphatic carboxylic acids is 1. The lowest BCUT2D eigenvalue weighted by Gasteiger charge is -2.25. The van der Waals surface area contributed by atoms with Crippen molar-refractivity contribution in [1.29, 1.82) is 0 Å². The van der Waals surface area contributed by atoms with E-state index < -0.39 is 17.7 Å². The fourth-order valence-corrected chi connectivity index (χ4v) is 4.33. The zero-order valence-corrected chi connectivity index (χ0v) is 19.2. The Labute approximate surface area is 191 Å². The lowest BCUT2D eigenvalue weighted by atomic mass is 9.94. The van der Waals surface area contributed by atoms with Crippen LogP contribution in [0.25, 0.3) is 21.9 Å². The highest BCUT2D eigenvalue weighted by Gasteiger charge is 2.52. The molecule has 1 atom stereocenters. The van der Waals surface area contributed by atoms with Crippen LogP contribution < -0.4 is 5.56 Å². The van der Waals surface area contributed by atoms with Crippen molar-refractivity contribution in [3.63, 3.8) is 0 Å². The second-order valence-corrected chi connectivity index (χ2v) is 9.06. The minimum atomic E-state index is -1.50. The molecule has 4 rings (SSSR count). The molecule has 160 valence electrons. The standard InChI is InChI=1S/C23H19BrClNO5/c1-12(27)23(9-10-23)31-20(22(29)30)19-18(13-3-6-15(25)7-4-13)17-11-14(24)5-8-16(17)21(28)26(19)2/h3-8,11,20H,9-10H2,1-2H3,(H,29,30). The number of nitrogens with zero attached hydrogens (tertiary/aromatic N) is 1. The molecule has 0 bridgehead atoms. The summed E-state index contributed by atoms with van der Waals surface area (Å²) in [5.74, 6) is -1.49. The van der Waals surface area contributed by atoms with E-state index >= 15 is 0 Å². The Morgan fingerprint density at radius 1 is 1.16 bits per heavy atom. The topological polar surface area (TPSA) is 85.6 Å². The summed E-state index contributed by atoms with van der Waals surface area (Å²) in [5, 5.41) is 11.6. The third-order valence-electron chi connectivity index (χ3n) is 5.70. The number of halogens is 2. The van der Waals surface area contributed by atoms with Crippen molar-refractivity contribution in [3.05, 3.63) is 68.0 Å². The lowest BCUT2D eigenvalue weighted by Crippen LogP contribution is -2.34. The average molecular weight is 505 g/mol. The Hall–Kier alpha value is -2.48. The van der Waals surface area contributed by atoms with E-state index in [1.54, 1.807) is 42.5 Å². The number of pyridine rings is 1. The maximum Gasteiger partial charge on any atom is 0.339 e. The minimum absolute atomic E-state index is 0.179. The summed E-state index contributed by atoms with van der Waals surface area (Å²) in [6, 6.07) is 12.2. The molecule has 6 nitrogen and oxygen atoms in total. The van der Waals surface area contributed by atoms with E-state index in [0.29, 0.717) is 39.8 Å². The number of ether oxygens (including phenoxy) is 1. The third-order valence-corrected chi connectivity index (χ3v) is 6.44. The van der Waals surface area contributed by atoms with Crippen LogP contribution in [0.5, 0.6) is 0 Å². The number of hydrogen-bond acceptors (Lipinski definition) is 4. The summed E-state index contributed by atoms with van der Waals surface area (Å²) in [6.07, 6.45) is -0.594. The number of aromatic nitrogens is 1. The summed E-state index contributed by atoms with van der Waals surface area (Å²) >= 11 is 9.50. The minimum Gasteiger partial charge on any atom is -0.479 e. The number of hydrogen-bond donors (Lipinski definition) is 1. The molecule has 8 heteroatoms. The van der Waals surface area contributed by atoms with E-state index in [-0.39, 0.29) is 17.0 Å². The van der Waals surface area contributed by atoms with Gasteiger partial charge in [0.25, 0.3) is 5.56 Å². The van der Waals surface area contributed by atoms with Gasteiger partial charge in [0.2, 0.25) is 0 Å². The first-order valence-corrected chi connectivity index (χ1v) is 10.8. The smallest absolute Gasteiger partial charge is 0.339 e. The summed E-state index contributed by atoms with van der Waals surface area (Å²) in [7, 11) is 1.52. The summed E-state index contributed by atoms with van der Waals surface area (Å²) in [4.78, 5) is 37.6. The third kappa shape index (κ3) is 3.82. The number of carboxylic acid groups (broad SMARTS) is 1. The molecule has 3 aromatic rings. The molecule has 0 spiro atoms. The van der Waals surface area contributed by atoms with Gasteiger partial charge in [-0.05, 0) is 61.0 Å². The molecule has 0 saturated heterocycles. The molecule has 31 heavy (non-hydrogen) atoms. The molecule has 1 aliphatic rings. The van der Waals surface area contributed by atoms with Crippen LogP contribution >= 0.6 is 27.5 Å². The van der Waals surface area contributed by atoms with Gasteiger partial charge in [0, 0.05) is 27.5 Å².